The molecule has 0 amide bonds. The molecule has 146 valence electrons. The molecule has 0 saturated heterocycles. The number of carbonyl (C=O) groups is 1. The maximum absolute atomic E-state index is 11.0. The number of hydrogen-bond donors (Lipinski definition) is 2. The molecule has 0 unspecified atom stereocenters. The minimum Gasteiger partial charge on any atom is -0.469 e. The fourth-order valence-corrected chi connectivity index (χ4v) is 2.66. The Labute approximate surface area is 155 Å². The summed E-state index contributed by atoms with van der Waals surface area (Å²) in [6, 6.07) is 0. The normalized spacial score (nSPS) is 10.8. The van der Waals surface area contributed by atoms with Crippen molar-refractivity contribution in [1.82, 2.24) is 10.6 Å². The van der Waals surface area contributed by atoms with E-state index in [0.29, 0.717) is 6.42 Å². The van der Waals surface area contributed by atoms with Crippen molar-refractivity contribution in [3.8, 4) is 0 Å². The number of esters is 1. The lowest BCUT2D eigenvalue weighted by Gasteiger charge is -2.09. The summed E-state index contributed by atoms with van der Waals surface area (Å²) < 4.78 is 4.63. The van der Waals surface area contributed by atoms with Crippen LogP contribution in [0.4, 0.5) is 0 Å². The second-order valence-electron chi connectivity index (χ2n) is 6.49. The molecule has 25 heavy (non-hydrogen) atoms. The number of unbranched alkanes of at least 4 members (excludes halogenated alkanes) is 9. The standard InChI is InChI=1S/C21H40N2O2/c1-4-22-20(2)23-19-17-15-13-11-9-7-5-6-8-10-12-14-16-18-21(24)25-3/h9,11,22-23H,2,4-8,10,12-19H2,1,3H3/b11-9-. The Bertz CT molecular complexity index is 354. The molecule has 2 N–H and O–H groups in total. The van der Waals surface area contributed by atoms with Gasteiger partial charge in [0.15, 0.2) is 0 Å². The van der Waals surface area contributed by atoms with Gasteiger partial charge in [0.25, 0.3) is 0 Å². The molecule has 0 saturated carbocycles. The molecular formula is C21H40N2O2. The van der Waals surface area contributed by atoms with Crippen molar-refractivity contribution in [2.45, 2.75) is 84.0 Å². The van der Waals surface area contributed by atoms with Gasteiger partial charge in [0.2, 0.25) is 0 Å². The van der Waals surface area contributed by atoms with Gasteiger partial charge in [-0.25, -0.2) is 0 Å². The van der Waals surface area contributed by atoms with Crippen molar-refractivity contribution in [2.24, 2.45) is 0 Å². The molecule has 0 fully saturated rings. The summed E-state index contributed by atoms with van der Waals surface area (Å²) >= 11 is 0. The highest BCUT2D eigenvalue weighted by Crippen LogP contribution is 2.10. The van der Waals surface area contributed by atoms with E-state index in [0.717, 1.165) is 31.8 Å². The predicted molar refractivity (Wildman–Crippen MR) is 107 cm³/mol. The van der Waals surface area contributed by atoms with Crippen molar-refractivity contribution >= 4 is 5.97 Å². The molecule has 0 spiro atoms. The van der Waals surface area contributed by atoms with Crippen LogP contribution in [0, 0.1) is 0 Å². The highest BCUT2D eigenvalue weighted by Gasteiger charge is 1.98. The van der Waals surface area contributed by atoms with Crippen LogP contribution in [0.25, 0.3) is 0 Å². The van der Waals surface area contributed by atoms with E-state index in [9.17, 15) is 4.79 Å². The van der Waals surface area contributed by atoms with Gasteiger partial charge in [0.05, 0.1) is 12.9 Å². The van der Waals surface area contributed by atoms with E-state index in [1.54, 1.807) is 0 Å². The molecule has 0 radical (unpaired) electrons. The second kappa shape index (κ2) is 18.9. The Morgan fingerprint density at radius 3 is 2.04 bits per heavy atom. The molecule has 0 aromatic rings. The highest BCUT2D eigenvalue weighted by atomic mass is 16.5. The van der Waals surface area contributed by atoms with E-state index in [1.165, 1.54) is 64.9 Å². The van der Waals surface area contributed by atoms with Crippen molar-refractivity contribution in [3.63, 3.8) is 0 Å². The second-order valence-corrected chi connectivity index (χ2v) is 6.49. The maximum Gasteiger partial charge on any atom is 0.305 e. The van der Waals surface area contributed by atoms with Crippen LogP contribution in [0.2, 0.25) is 0 Å². The van der Waals surface area contributed by atoms with Gasteiger partial charge in [0, 0.05) is 19.5 Å². The van der Waals surface area contributed by atoms with E-state index in [4.69, 9.17) is 0 Å². The molecule has 4 nitrogen and oxygen atoms in total. The van der Waals surface area contributed by atoms with Crippen LogP contribution in [0.5, 0.6) is 0 Å². The smallest absolute Gasteiger partial charge is 0.305 e. The van der Waals surface area contributed by atoms with Gasteiger partial charge in [-0.1, -0.05) is 50.8 Å². The lowest BCUT2D eigenvalue weighted by Crippen LogP contribution is -2.25. The van der Waals surface area contributed by atoms with Gasteiger partial charge in [-0.2, -0.15) is 0 Å². The van der Waals surface area contributed by atoms with E-state index in [2.05, 4.69) is 41.0 Å². The first kappa shape index (κ1) is 23.5. The van der Waals surface area contributed by atoms with E-state index in [-0.39, 0.29) is 5.97 Å². The van der Waals surface area contributed by atoms with Gasteiger partial charge in [0.1, 0.15) is 0 Å². The number of ether oxygens (including phenoxy) is 1. The Morgan fingerprint density at radius 2 is 1.44 bits per heavy atom. The summed E-state index contributed by atoms with van der Waals surface area (Å²) in [6.45, 7) is 7.90. The summed E-state index contributed by atoms with van der Waals surface area (Å²) in [5, 5.41) is 6.45. The molecule has 0 heterocycles. The largest absolute Gasteiger partial charge is 0.469 e. The van der Waals surface area contributed by atoms with Crippen LogP contribution in [0.1, 0.15) is 84.0 Å². The van der Waals surface area contributed by atoms with Crippen LogP contribution in [0.3, 0.4) is 0 Å². The molecule has 0 aliphatic rings. The summed E-state index contributed by atoms with van der Waals surface area (Å²) in [6.07, 6.45) is 18.6. The van der Waals surface area contributed by atoms with Gasteiger partial charge in [-0.05, 0) is 45.4 Å². The Morgan fingerprint density at radius 1 is 0.880 bits per heavy atom. The summed E-state index contributed by atoms with van der Waals surface area (Å²) in [5.41, 5.74) is 0. The molecule has 0 rings (SSSR count). The molecule has 0 aromatic heterocycles. The summed E-state index contributed by atoms with van der Waals surface area (Å²) in [4.78, 5) is 11.0. The van der Waals surface area contributed by atoms with Crippen LogP contribution in [-0.2, 0) is 9.53 Å². The van der Waals surface area contributed by atoms with Gasteiger partial charge < -0.3 is 15.4 Å². The topological polar surface area (TPSA) is 50.4 Å². The number of nitrogens with one attached hydrogen (secondary N) is 2. The van der Waals surface area contributed by atoms with Gasteiger partial charge in [-0.15, -0.1) is 0 Å². The number of carbonyl (C=O) groups excluding carboxylic acids is 1. The first-order chi connectivity index (χ1) is 12.2. The van der Waals surface area contributed by atoms with Crippen molar-refractivity contribution in [1.29, 1.82) is 0 Å². The first-order valence-electron chi connectivity index (χ1n) is 10.1. The zero-order valence-corrected chi connectivity index (χ0v) is 16.6. The van der Waals surface area contributed by atoms with Crippen LogP contribution < -0.4 is 10.6 Å². The van der Waals surface area contributed by atoms with Crippen molar-refractivity contribution in [3.05, 3.63) is 24.6 Å². The number of allylic oxidation sites excluding steroid dienone is 2. The first-order valence-corrected chi connectivity index (χ1v) is 10.1. The Balaban J connectivity index is 3.18. The Kier molecular flexibility index (Phi) is 17.8. The highest BCUT2D eigenvalue weighted by molar-refractivity contribution is 5.68. The van der Waals surface area contributed by atoms with Crippen LogP contribution in [-0.4, -0.2) is 26.2 Å². The average molecular weight is 353 g/mol. The molecule has 0 atom stereocenters. The molecule has 0 aliphatic heterocycles. The fraction of sp³-hybridized carbons (Fsp3) is 0.762. The quantitative estimate of drug-likeness (QED) is 0.205. The lowest BCUT2D eigenvalue weighted by molar-refractivity contribution is -0.140. The van der Waals surface area contributed by atoms with E-state index in [1.807, 2.05) is 0 Å². The molecule has 0 aromatic carbocycles. The minimum atomic E-state index is -0.0815. The van der Waals surface area contributed by atoms with E-state index >= 15 is 0 Å². The third kappa shape index (κ3) is 18.7. The molecule has 4 heteroatoms. The zero-order valence-electron chi connectivity index (χ0n) is 16.6. The van der Waals surface area contributed by atoms with E-state index < -0.39 is 0 Å². The average Bonchev–Trinajstić information content (AvgIpc) is 2.61. The number of hydrogen-bond acceptors (Lipinski definition) is 4. The molecule has 0 aliphatic carbocycles. The molecular weight excluding hydrogens is 312 g/mol. The fourth-order valence-electron chi connectivity index (χ4n) is 2.66. The van der Waals surface area contributed by atoms with Gasteiger partial charge in [-0.3, -0.25) is 4.79 Å². The van der Waals surface area contributed by atoms with Crippen LogP contribution in [0.15, 0.2) is 24.6 Å². The minimum absolute atomic E-state index is 0.0815. The lowest BCUT2D eigenvalue weighted by atomic mass is 10.1. The number of rotatable bonds is 18. The third-order valence-corrected chi connectivity index (χ3v) is 4.17. The van der Waals surface area contributed by atoms with Crippen LogP contribution >= 0.6 is 0 Å². The summed E-state index contributed by atoms with van der Waals surface area (Å²) in [5.74, 6) is 0.850. The monoisotopic (exact) mass is 352 g/mol. The van der Waals surface area contributed by atoms with Gasteiger partial charge >= 0.3 is 5.97 Å². The third-order valence-electron chi connectivity index (χ3n) is 4.17. The zero-order chi connectivity index (χ0) is 18.6. The SMILES string of the molecule is C=C(NCC)NCCCC/C=C\CCCCCCCCCC(=O)OC. The number of methoxy groups -OCH3 is 1. The van der Waals surface area contributed by atoms with Crippen molar-refractivity contribution < 1.29 is 9.53 Å². The Hall–Kier alpha value is -1.45. The molecule has 0 bridgehead atoms. The summed E-state index contributed by atoms with van der Waals surface area (Å²) in [7, 11) is 1.46. The maximum atomic E-state index is 11.0. The van der Waals surface area contributed by atoms with Crippen molar-refractivity contribution in [2.75, 3.05) is 20.2 Å². The predicted octanol–water partition coefficient (Wildman–Crippen LogP) is 5.07.